The quantitative estimate of drug-likeness (QED) is 0.225. The van der Waals surface area contributed by atoms with Gasteiger partial charge in [0.25, 0.3) is 0 Å². The highest BCUT2D eigenvalue weighted by Crippen LogP contribution is 1.73. The molecule has 0 saturated carbocycles. The summed E-state index contributed by atoms with van der Waals surface area (Å²) in [5, 5.41) is 0.194. The van der Waals surface area contributed by atoms with E-state index in [2.05, 4.69) is 0 Å². The summed E-state index contributed by atoms with van der Waals surface area (Å²) in [6, 6.07) is 0. The van der Waals surface area contributed by atoms with E-state index in [4.69, 9.17) is 34.3 Å². The van der Waals surface area contributed by atoms with Gasteiger partial charge in [0.05, 0.1) is 5.34 Å². The van der Waals surface area contributed by atoms with Crippen LogP contribution in [0.5, 0.6) is 0 Å². The highest BCUT2D eigenvalue weighted by atomic mass is 35.5. The topological polar surface area (TPSA) is 60.3 Å². The Morgan fingerprint density at radius 1 is 1.67 bits per heavy atom. The number of alkyl halides is 2. The number of rotatable bonds is 0. The van der Waals surface area contributed by atoms with E-state index in [9.17, 15) is 0 Å². The second kappa shape index (κ2) is 20.7. The number of hydrogen-bond acceptors (Lipinski definition) is 1. The van der Waals surface area contributed by atoms with Crippen LogP contribution in [0.25, 0.3) is 10.4 Å². The average molecular weight is 128 g/mol. The van der Waals surface area contributed by atoms with E-state index in [1.165, 1.54) is 0 Å². The van der Waals surface area contributed by atoms with Gasteiger partial charge >= 0.3 is 0 Å². The molecule has 0 spiro atoms. The minimum absolute atomic E-state index is 0.194. The van der Waals surface area contributed by atoms with Gasteiger partial charge in [0.2, 0.25) is 0 Å². The summed E-state index contributed by atoms with van der Waals surface area (Å²) in [7, 11) is 0. The molecular formula is CH3Cl2N3. The molecule has 0 bridgehead atoms. The first kappa shape index (κ1) is 9.31. The second-order valence-electron chi connectivity index (χ2n) is 0.201. The summed E-state index contributed by atoms with van der Waals surface area (Å²) >= 11 is 9.53. The Labute approximate surface area is 45.3 Å². The lowest BCUT2D eigenvalue weighted by Gasteiger charge is -1.42. The van der Waals surface area contributed by atoms with Crippen molar-refractivity contribution in [1.29, 1.82) is 5.53 Å². The van der Waals surface area contributed by atoms with Crippen LogP contribution in [0.3, 0.4) is 0 Å². The van der Waals surface area contributed by atoms with E-state index in [1.54, 1.807) is 4.91 Å². The van der Waals surface area contributed by atoms with Crippen LogP contribution in [0.2, 0.25) is 0 Å². The summed E-state index contributed by atoms with van der Waals surface area (Å²) in [5.41, 5.74) is 12.2. The maximum atomic E-state index is 6.86. The zero-order valence-corrected chi connectivity index (χ0v) is 4.37. The van der Waals surface area contributed by atoms with Crippen molar-refractivity contribution in [1.82, 2.24) is 0 Å². The average Bonchev–Trinajstić information content (AvgIpc) is 1.39. The first-order valence-electron chi connectivity index (χ1n) is 0.958. The molecule has 6 heavy (non-hydrogen) atoms. The fraction of sp³-hybridized carbons (Fsp3) is 1.00. The van der Waals surface area contributed by atoms with Crippen LogP contribution in [-0.2, 0) is 0 Å². The monoisotopic (exact) mass is 127 g/mol. The normalized spacial score (nSPS) is 4.33. The summed E-state index contributed by atoms with van der Waals surface area (Å²) in [5.74, 6) is 0. The van der Waals surface area contributed by atoms with Gasteiger partial charge in [-0.1, -0.05) is 0 Å². The highest BCUT2D eigenvalue weighted by molar-refractivity contribution is 6.40. The van der Waals surface area contributed by atoms with E-state index >= 15 is 0 Å². The molecule has 36 valence electrons. The molecule has 0 aromatic heterocycles. The van der Waals surface area contributed by atoms with Gasteiger partial charge in [-0.15, -0.1) is 28.7 Å². The Balaban J connectivity index is 0. The Kier molecular flexibility index (Phi) is 32.1. The molecule has 0 heterocycles. The van der Waals surface area contributed by atoms with Crippen LogP contribution in [-0.4, -0.2) is 5.34 Å². The predicted molar refractivity (Wildman–Crippen MR) is 26.0 cm³/mol. The maximum Gasteiger partial charge on any atom is 0.0967 e. The molecule has 0 aromatic carbocycles. The molecule has 0 aliphatic carbocycles. The van der Waals surface area contributed by atoms with Crippen molar-refractivity contribution in [3.63, 3.8) is 0 Å². The minimum atomic E-state index is 0.194. The van der Waals surface area contributed by atoms with Gasteiger partial charge in [0.15, 0.2) is 0 Å². The standard InChI is InChI=1S/CH2Cl2.HN3/c2-1-3;1-3-2/h1H2;1H. The molecule has 1 N–H and O–H groups in total. The van der Waals surface area contributed by atoms with Crippen molar-refractivity contribution < 1.29 is 0 Å². The first-order chi connectivity index (χ1) is 2.83. The minimum Gasteiger partial charge on any atom is -0.109 e. The molecule has 0 amide bonds. The van der Waals surface area contributed by atoms with Crippen molar-refractivity contribution >= 4 is 23.2 Å². The van der Waals surface area contributed by atoms with Gasteiger partial charge in [-0.25, -0.2) is 0 Å². The molecule has 5 heteroatoms. The van der Waals surface area contributed by atoms with Crippen molar-refractivity contribution in [2.75, 3.05) is 5.34 Å². The van der Waals surface area contributed by atoms with Crippen molar-refractivity contribution in [2.45, 2.75) is 0 Å². The van der Waals surface area contributed by atoms with Crippen LogP contribution in [0, 0.1) is 5.53 Å². The van der Waals surface area contributed by atoms with Crippen LogP contribution in [0.4, 0.5) is 0 Å². The molecule has 0 aromatic rings. The summed E-state index contributed by atoms with van der Waals surface area (Å²) in [4.78, 5) is 1.75. The van der Waals surface area contributed by atoms with Crippen LogP contribution in [0.1, 0.15) is 0 Å². The van der Waals surface area contributed by atoms with Gasteiger partial charge in [-0.05, 0) is 10.4 Å². The van der Waals surface area contributed by atoms with E-state index in [1.807, 2.05) is 0 Å². The summed E-state index contributed by atoms with van der Waals surface area (Å²) in [6.45, 7) is 0. The third-order valence-electron chi connectivity index (χ3n) is 0. The van der Waals surface area contributed by atoms with Crippen LogP contribution >= 0.6 is 23.2 Å². The summed E-state index contributed by atoms with van der Waals surface area (Å²) in [6.07, 6.45) is 0. The largest absolute Gasteiger partial charge is 0.109 e. The number of nitrogens with one attached hydrogen (secondary N) is 1. The van der Waals surface area contributed by atoms with Crippen molar-refractivity contribution in [3.8, 4) is 0 Å². The molecule has 0 radical (unpaired) electrons. The summed E-state index contributed by atoms with van der Waals surface area (Å²) < 4.78 is 0. The van der Waals surface area contributed by atoms with Crippen molar-refractivity contribution in [2.24, 2.45) is 0 Å². The molecule has 0 unspecified atom stereocenters. The third-order valence-corrected chi connectivity index (χ3v) is 0. The van der Waals surface area contributed by atoms with Gasteiger partial charge in [0, 0.05) is 0 Å². The second-order valence-corrected chi connectivity index (χ2v) is 1.01. The smallest absolute Gasteiger partial charge is 0.0967 e. The fourth-order valence-electron chi connectivity index (χ4n) is 0. The van der Waals surface area contributed by atoms with Gasteiger partial charge in [-0.2, -0.15) is 0 Å². The molecule has 0 saturated heterocycles. The predicted octanol–water partition coefficient (Wildman–Crippen LogP) is 2.30. The van der Waals surface area contributed by atoms with Gasteiger partial charge in [0.1, 0.15) is 0 Å². The molecule has 0 fully saturated rings. The number of halogens is 2. The van der Waals surface area contributed by atoms with Gasteiger partial charge < -0.3 is 0 Å². The molecular weight excluding hydrogens is 125 g/mol. The lowest BCUT2D eigenvalue weighted by molar-refractivity contribution is 1.45. The van der Waals surface area contributed by atoms with E-state index < -0.39 is 0 Å². The lowest BCUT2D eigenvalue weighted by atomic mass is 11.9. The third kappa shape index (κ3) is 2690. The SMILES string of the molecule is ClCCl.[N-]=[N+]=N. The van der Waals surface area contributed by atoms with E-state index in [-0.39, 0.29) is 5.34 Å². The molecule has 0 aliphatic heterocycles. The Bertz CT molecular complexity index is 38.1. The van der Waals surface area contributed by atoms with Crippen LogP contribution < -0.4 is 0 Å². The maximum absolute atomic E-state index is 6.86. The van der Waals surface area contributed by atoms with E-state index in [0.29, 0.717) is 0 Å². The zero-order chi connectivity index (χ0) is 5.41. The van der Waals surface area contributed by atoms with Gasteiger partial charge in [-0.3, -0.25) is 0 Å². The number of hydrogen-bond donors (Lipinski definition) is 1. The molecule has 0 aliphatic rings. The first-order valence-corrected chi connectivity index (χ1v) is 2.03. The molecule has 0 atom stereocenters. The Hall–Kier alpha value is -0.110. The lowest BCUT2D eigenvalue weighted by Crippen LogP contribution is -1.24. The fourth-order valence-corrected chi connectivity index (χ4v) is 0. The molecule has 3 nitrogen and oxygen atoms in total. The highest BCUT2D eigenvalue weighted by Gasteiger charge is 1.41. The Morgan fingerprint density at radius 2 is 1.67 bits per heavy atom. The number of nitrogens with zero attached hydrogens (tertiary/aromatic N) is 2. The zero-order valence-electron chi connectivity index (χ0n) is 2.86. The van der Waals surface area contributed by atoms with Crippen LogP contribution in [0.15, 0.2) is 0 Å². The molecule has 0 rings (SSSR count). The van der Waals surface area contributed by atoms with Crippen molar-refractivity contribution in [3.05, 3.63) is 10.4 Å². The van der Waals surface area contributed by atoms with E-state index in [0.717, 1.165) is 0 Å². The Morgan fingerprint density at radius 3 is 1.67 bits per heavy atom.